The Hall–Kier alpha value is -3.14. The highest BCUT2D eigenvalue weighted by Gasteiger charge is 2.15. The molecule has 4 heteroatoms. The Morgan fingerprint density at radius 3 is 2.48 bits per heavy atom. The summed E-state index contributed by atoms with van der Waals surface area (Å²) in [5.74, 6) is 1.41. The SMILES string of the molecule is Cc1ccccc1COc1ccccc1C(=N)c1cccnc1NC(C)C. The maximum absolute atomic E-state index is 8.76. The molecule has 0 saturated heterocycles. The standard InChI is InChI=1S/C23H25N3O/c1-16(2)26-23-20(12-8-14-25-23)22(24)19-11-6-7-13-21(19)27-15-18-10-5-4-9-17(18)3/h4-14,16,24H,15H2,1-3H3,(H,25,26). The molecule has 138 valence electrons. The summed E-state index contributed by atoms with van der Waals surface area (Å²) in [5.41, 5.74) is 4.25. The molecule has 0 saturated carbocycles. The lowest BCUT2D eigenvalue weighted by atomic mass is 10.0. The monoisotopic (exact) mass is 359 g/mol. The smallest absolute Gasteiger partial charge is 0.135 e. The third kappa shape index (κ3) is 4.53. The van der Waals surface area contributed by atoms with Crippen LogP contribution in [0.15, 0.2) is 66.9 Å². The zero-order valence-corrected chi connectivity index (χ0v) is 16.0. The quantitative estimate of drug-likeness (QED) is 0.570. The van der Waals surface area contributed by atoms with E-state index in [4.69, 9.17) is 10.1 Å². The van der Waals surface area contributed by atoms with Crippen molar-refractivity contribution in [3.63, 3.8) is 0 Å². The van der Waals surface area contributed by atoms with Gasteiger partial charge in [0.05, 0.1) is 5.71 Å². The van der Waals surface area contributed by atoms with E-state index in [-0.39, 0.29) is 6.04 Å². The van der Waals surface area contributed by atoms with Crippen molar-refractivity contribution in [2.75, 3.05) is 5.32 Å². The highest BCUT2D eigenvalue weighted by atomic mass is 16.5. The number of hydrogen-bond acceptors (Lipinski definition) is 4. The van der Waals surface area contributed by atoms with E-state index >= 15 is 0 Å². The van der Waals surface area contributed by atoms with Crippen molar-refractivity contribution in [1.82, 2.24) is 4.98 Å². The zero-order chi connectivity index (χ0) is 19.2. The molecule has 27 heavy (non-hydrogen) atoms. The lowest BCUT2D eigenvalue weighted by Gasteiger charge is -2.16. The normalized spacial score (nSPS) is 10.7. The summed E-state index contributed by atoms with van der Waals surface area (Å²) >= 11 is 0. The van der Waals surface area contributed by atoms with Gasteiger partial charge in [0.25, 0.3) is 0 Å². The topological polar surface area (TPSA) is 58.0 Å². The molecule has 0 fully saturated rings. The number of aryl methyl sites for hydroxylation is 1. The average Bonchev–Trinajstić information content (AvgIpc) is 2.67. The largest absolute Gasteiger partial charge is 0.488 e. The molecule has 0 radical (unpaired) electrons. The molecule has 0 atom stereocenters. The first-order valence-corrected chi connectivity index (χ1v) is 9.13. The van der Waals surface area contributed by atoms with E-state index in [1.54, 1.807) is 6.20 Å². The number of nitrogens with zero attached hydrogens (tertiary/aromatic N) is 1. The van der Waals surface area contributed by atoms with E-state index < -0.39 is 0 Å². The number of nitrogens with one attached hydrogen (secondary N) is 2. The Kier molecular flexibility index (Phi) is 5.87. The number of hydrogen-bond donors (Lipinski definition) is 2. The van der Waals surface area contributed by atoms with Crippen LogP contribution in [0.4, 0.5) is 5.82 Å². The molecule has 1 heterocycles. The summed E-state index contributed by atoms with van der Waals surface area (Å²) in [6.45, 7) is 6.66. The van der Waals surface area contributed by atoms with Crippen LogP contribution in [-0.2, 0) is 6.61 Å². The molecule has 0 bridgehead atoms. The summed E-state index contributed by atoms with van der Waals surface area (Å²) in [7, 11) is 0. The molecule has 0 amide bonds. The molecule has 0 aliphatic carbocycles. The number of benzene rings is 2. The second-order valence-corrected chi connectivity index (χ2v) is 6.78. The summed E-state index contributed by atoms with van der Waals surface area (Å²) < 4.78 is 6.09. The second-order valence-electron chi connectivity index (χ2n) is 6.78. The summed E-state index contributed by atoms with van der Waals surface area (Å²) in [5, 5.41) is 12.1. The lowest BCUT2D eigenvalue weighted by molar-refractivity contribution is 0.305. The fourth-order valence-electron chi connectivity index (χ4n) is 2.87. The Balaban J connectivity index is 1.88. The van der Waals surface area contributed by atoms with Gasteiger partial charge in [-0.15, -0.1) is 0 Å². The van der Waals surface area contributed by atoms with Crippen LogP contribution >= 0.6 is 0 Å². The summed E-state index contributed by atoms with van der Waals surface area (Å²) in [6.07, 6.45) is 1.74. The molecule has 3 aromatic rings. The van der Waals surface area contributed by atoms with E-state index in [1.165, 1.54) is 5.56 Å². The van der Waals surface area contributed by atoms with Gasteiger partial charge in [0.2, 0.25) is 0 Å². The zero-order valence-electron chi connectivity index (χ0n) is 16.0. The Morgan fingerprint density at radius 2 is 1.70 bits per heavy atom. The van der Waals surface area contributed by atoms with Gasteiger partial charge in [0.1, 0.15) is 18.2 Å². The molecule has 2 aromatic carbocycles. The van der Waals surface area contributed by atoms with Gasteiger partial charge in [0, 0.05) is 23.4 Å². The molecule has 1 aromatic heterocycles. The van der Waals surface area contributed by atoms with Crippen LogP contribution in [0.2, 0.25) is 0 Å². The van der Waals surface area contributed by atoms with Gasteiger partial charge in [-0.3, -0.25) is 5.41 Å². The van der Waals surface area contributed by atoms with Crippen LogP contribution in [0.25, 0.3) is 0 Å². The van der Waals surface area contributed by atoms with Gasteiger partial charge in [-0.1, -0.05) is 36.4 Å². The van der Waals surface area contributed by atoms with Crippen molar-refractivity contribution in [2.24, 2.45) is 0 Å². The number of aromatic nitrogens is 1. The molecule has 0 unspecified atom stereocenters. The maximum atomic E-state index is 8.76. The van der Waals surface area contributed by atoms with Crippen LogP contribution in [0, 0.1) is 12.3 Å². The second kappa shape index (κ2) is 8.49. The Bertz CT molecular complexity index is 934. The van der Waals surface area contributed by atoms with Crippen LogP contribution in [-0.4, -0.2) is 16.7 Å². The minimum Gasteiger partial charge on any atom is -0.488 e. The fourth-order valence-corrected chi connectivity index (χ4v) is 2.87. The highest BCUT2D eigenvalue weighted by Crippen LogP contribution is 2.25. The molecule has 0 aliphatic rings. The predicted octanol–water partition coefficient (Wildman–Crippen LogP) is 5.21. The number of pyridine rings is 1. The first kappa shape index (κ1) is 18.6. The molecular formula is C23H25N3O. The van der Waals surface area contributed by atoms with Crippen molar-refractivity contribution in [1.29, 1.82) is 5.41 Å². The molecule has 3 rings (SSSR count). The van der Waals surface area contributed by atoms with E-state index in [0.717, 1.165) is 16.7 Å². The van der Waals surface area contributed by atoms with Crippen molar-refractivity contribution in [3.8, 4) is 5.75 Å². The van der Waals surface area contributed by atoms with Gasteiger partial charge < -0.3 is 10.1 Å². The third-order valence-electron chi connectivity index (χ3n) is 4.30. The minimum atomic E-state index is 0.235. The van der Waals surface area contributed by atoms with Gasteiger partial charge in [0.15, 0.2) is 0 Å². The first-order valence-electron chi connectivity index (χ1n) is 9.13. The minimum absolute atomic E-state index is 0.235. The Morgan fingerprint density at radius 1 is 1.00 bits per heavy atom. The summed E-state index contributed by atoms with van der Waals surface area (Å²) in [6, 6.07) is 19.9. The van der Waals surface area contributed by atoms with Crippen molar-refractivity contribution >= 4 is 11.5 Å². The maximum Gasteiger partial charge on any atom is 0.135 e. The van der Waals surface area contributed by atoms with Crippen LogP contribution in [0.3, 0.4) is 0 Å². The molecule has 4 nitrogen and oxygen atoms in total. The van der Waals surface area contributed by atoms with Crippen LogP contribution in [0.5, 0.6) is 5.75 Å². The van der Waals surface area contributed by atoms with E-state index in [9.17, 15) is 0 Å². The van der Waals surface area contributed by atoms with Gasteiger partial charge >= 0.3 is 0 Å². The number of anilines is 1. The highest BCUT2D eigenvalue weighted by molar-refractivity contribution is 6.15. The first-order chi connectivity index (χ1) is 13.1. The predicted molar refractivity (Wildman–Crippen MR) is 111 cm³/mol. The van der Waals surface area contributed by atoms with Crippen molar-refractivity contribution in [2.45, 2.75) is 33.4 Å². The van der Waals surface area contributed by atoms with Crippen molar-refractivity contribution < 1.29 is 4.74 Å². The van der Waals surface area contributed by atoms with E-state index in [0.29, 0.717) is 23.9 Å². The van der Waals surface area contributed by atoms with E-state index in [1.807, 2.05) is 48.5 Å². The molecular weight excluding hydrogens is 334 g/mol. The number of para-hydroxylation sites is 1. The number of ether oxygens (including phenoxy) is 1. The molecule has 2 N–H and O–H groups in total. The number of rotatable bonds is 7. The van der Waals surface area contributed by atoms with Crippen molar-refractivity contribution in [3.05, 3.63) is 89.1 Å². The third-order valence-corrected chi connectivity index (χ3v) is 4.30. The van der Waals surface area contributed by atoms with Gasteiger partial charge in [-0.2, -0.15) is 0 Å². The lowest BCUT2D eigenvalue weighted by Crippen LogP contribution is -2.15. The van der Waals surface area contributed by atoms with Gasteiger partial charge in [-0.25, -0.2) is 4.98 Å². The van der Waals surface area contributed by atoms with Crippen LogP contribution < -0.4 is 10.1 Å². The summed E-state index contributed by atoms with van der Waals surface area (Å²) in [4.78, 5) is 4.41. The Labute approximate surface area is 160 Å². The molecule has 0 spiro atoms. The molecule has 0 aliphatic heterocycles. The fraction of sp³-hybridized carbons (Fsp3) is 0.217. The average molecular weight is 359 g/mol. The van der Waals surface area contributed by atoms with Gasteiger partial charge in [-0.05, 0) is 56.2 Å². The van der Waals surface area contributed by atoms with Crippen LogP contribution in [0.1, 0.15) is 36.1 Å². The van der Waals surface area contributed by atoms with E-state index in [2.05, 4.69) is 43.2 Å².